The molecule has 0 saturated carbocycles. The van der Waals surface area contributed by atoms with Crippen LogP contribution in [0.3, 0.4) is 0 Å². The summed E-state index contributed by atoms with van der Waals surface area (Å²) in [6.45, 7) is 4.21. The van der Waals surface area contributed by atoms with E-state index in [-0.39, 0.29) is 24.7 Å². The molecule has 0 radical (unpaired) electrons. The van der Waals surface area contributed by atoms with Gasteiger partial charge in [0, 0.05) is 30.8 Å². The van der Waals surface area contributed by atoms with Gasteiger partial charge in [0.25, 0.3) is 0 Å². The van der Waals surface area contributed by atoms with Gasteiger partial charge in [-0.3, -0.25) is 14.2 Å². The Bertz CT molecular complexity index is 897. The van der Waals surface area contributed by atoms with Crippen LogP contribution in [0.1, 0.15) is 36.5 Å². The molecule has 0 atom stereocenters. The van der Waals surface area contributed by atoms with Crippen molar-refractivity contribution in [2.75, 3.05) is 5.32 Å². The molecule has 0 spiro atoms. The zero-order valence-corrected chi connectivity index (χ0v) is 15.0. The van der Waals surface area contributed by atoms with Crippen molar-refractivity contribution in [2.24, 2.45) is 5.92 Å². The van der Waals surface area contributed by atoms with Crippen molar-refractivity contribution in [3.8, 4) is 0 Å². The number of hydrogen-bond acceptors (Lipinski definition) is 5. The molecular weight excluding hydrogens is 336 g/mol. The number of carbonyl (C=O) groups excluding carboxylic acids is 2. The Morgan fingerprint density at radius 3 is 2.76 bits per heavy atom. The van der Waals surface area contributed by atoms with E-state index in [9.17, 15) is 9.59 Å². The first kappa shape index (κ1) is 17.3. The van der Waals surface area contributed by atoms with Crippen LogP contribution >= 0.6 is 11.3 Å². The lowest BCUT2D eigenvalue weighted by molar-refractivity contribution is -0.116. The van der Waals surface area contributed by atoms with Gasteiger partial charge in [-0.15, -0.1) is 10.2 Å². The SMILES string of the molecule is CC(C)Cc1nnc(NC(=O)CCC(=O)n2ccc3ccccc32)s1. The molecule has 2 aromatic heterocycles. The van der Waals surface area contributed by atoms with Crippen LogP contribution in [0.4, 0.5) is 5.13 Å². The molecule has 3 rings (SSSR count). The number of aromatic nitrogens is 3. The highest BCUT2D eigenvalue weighted by molar-refractivity contribution is 7.15. The molecule has 3 aromatic rings. The van der Waals surface area contributed by atoms with Crippen LogP contribution in [-0.2, 0) is 11.2 Å². The number of fused-ring (bicyclic) bond motifs is 1. The molecule has 0 aliphatic carbocycles. The largest absolute Gasteiger partial charge is 0.301 e. The monoisotopic (exact) mass is 356 g/mol. The van der Waals surface area contributed by atoms with Gasteiger partial charge in [-0.25, -0.2) is 0 Å². The van der Waals surface area contributed by atoms with Gasteiger partial charge in [0.2, 0.25) is 16.9 Å². The number of rotatable bonds is 6. The summed E-state index contributed by atoms with van der Waals surface area (Å²) < 4.78 is 1.59. The van der Waals surface area contributed by atoms with Crippen LogP contribution in [-0.4, -0.2) is 26.6 Å². The van der Waals surface area contributed by atoms with Crippen LogP contribution < -0.4 is 5.32 Å². The number of hydrogen-bond donors (Lipinski definition) is 1. The summed E-state index contributed by atoms with van der Waals surface area (Å²) in [6.07, 6.45) is 2.84. The predicted molar refractivity (Wildman–Crippen MR) is 98.9 cm³/mol. The fourth-order valence-corrected chi connectivity index (χ4v) is 3.53. The number of nitrogens with zero attached hydrogens (tertiary/aromatic N) is 3. The highest BCUT2D eigenvalue weighted by atomic mass is 32.1. The van der Waals surface area contributed by atoms with E-state index in [4.69, 9.17) is 0 Å². The summed E-state index contributed by atoms with van der Waals surface area (Å²) in [7, 11) is 0. The summed E-state index contributed by atoms with van der Waals surface area (Å²) in [5.74, 6) is 0.164. The van der Waals surface area contributed by atoms with E-state index in [0.29, 0.717) is 11.0 Å². The molecule has 2 heterocycles. The average Bonchev–Trinajstić information content (AvgIpc) is 3.19. The first-order chi connectivity index (χ1) is 12.0. The van der Waals surface area contributed by atoms with Crippen LogP contribution in [0.25, 0.3) is 10.9 Å². The molecule has 0 saturated heterocycles. The number of para-hydroxylation sites is 1. The van der Waals surface area contributed by atoms with Gasteiger partial charge in [0.05, 0.1) is 5.52 Å². The minimum Gasteiger partial charge on any atom is -0.301 e. The number of anilines is 1. The van der Waals surface area contributed by atoms with Crippen LogP contribution in [0, 0.1) is 5.92 Å². The molecule has 0 aliphatic heterocycles. The van der Waals surface area contributed by atoms with Crippen molar-refractivity contribution in [3.05, 3.63) is 41.5 Å². The molecule has 0 fully saturated rings. The van der Waals surface area contributed by atoms with Crippen molar-refractivity contribution in [1.29, 1.82) is 0 Å². The number of benzene rings is 1. The van der Waals surface area contributed by atoms with Gasteiger partial charge < -0.3 is 5.32 Å². The van der Waals surface area contributed by atoms with Gasteiger partial charge in [0.15, 0.2) is 0 Å². The van der Waals surface area contributed by atoms with Crippen LogP contribution in [0.2, 0.25) is 0 Å². The molecule has 130 valence electrons. The van der Waals surface area contributed by atoms with Crippen LogP contribution in [0.15, 0.2) is 36.5 Å². The van der Waals surface area contributed by atoms with E-state index >= 15 is 0 Å². The first-order valence-electron chi connectivity index (χ1n) is 8.24. The molecular formula is C18H20N4O2S. The first-order valence-corrected chi connectivity index (χ1v) is 9.06. The van der Waals surface area contributed by atoms with E-state index in [1.807, 2.05) is 30.3 Å². The van der Waals surface area contributed by atoms with Gasteiger partial charge >= 0.3 is 0 Å². The molecule has 25 heavy (non-hydrogen) atoms. The van der Waals surface area contributed by atoms with Crippen molar-refractivity contribution in [2.45, 2.75) is 33.1 Å². The Morgan fingerprint density at radius 2 is 1.96 bits per heavy atom. The lowest BCUT2D eigenvalue weighted by Crippen LogP contribution is -2.16. The summed E-state index contributed by atoms with van der Waals surface area (Å²) in [4.78, 5) is 24.4. The van der Waals surface area contributed by atoms with E-state index in [1.54, 1.807) is 10.8 Å². The molecule has 0 aliphatic rings. The fraction of sp³-hybridized carbons (Fsp3) is 0.333. The zero-order chi connectivity index (χ0) is 17.8. The van der Waals surface area contributed by atoms with Crippen molar-refractivity contribution in [3.63, 3.8) is 0 Å². The highest BCUT2D eigenvalue weighted by Gasteiger charge is 2.13. The lowest BCUT2D eigenvalue weighted by atomic mass is 10.1. The quantitative estimate of drug-likeness (QED) is 0.730. The lowest BCUT2D eigenvalue weighted by Gasteiger charge is -2.04. The second-order valence-corrected chi connectivity index (χ2v) is 7.35. The van der Waals surface area contributed by atoms with Gasteiger partial charge in [-0.2, -0.15) is 0 Å². The molecule has 7 heteroatoms. The topological polar surface area (TPSA) is 76.9 Å². The van der Waals surface area contributed by atoms with Gasteiger partial charge in [0.1, 0.15) is 5.01 Å². The summed E-state index contributed by atoms with van der Waals surface area (Å²) in [5, 5.41) is 13.1. The highest BCUT2D eigenvalue weighted by Crippen LogP contribution is 2.19. The number of nitrogens with one attached hydrogen (secondary N) is 1. The molecule has 0 bridgehead atoms. The van der Waals surface area contributed by atoms with Gasteiger partial charge in [-0.1, -0.05) is 43.4 Å². The van der Waals surface area contributed by atoms with Gasteiger partial charge in [-0.05, 0) is 18.1 Å². The Morgan fingerprint density at radius 1 is 1.16 bits per heavy atom. The van der Waals surface area contributed by atoms with Crippen molar-refractivity contribution in [1.82, 2.24) is 14.8 Å². The number of amides is 1. The average molecular weight is 356 g/mol. The Balaban J connectivity index is 1.55. The summed E-state index contributed by atoms with van der Waals surface area (Å²) in [5.41, 5.74) is 0.857. The maximum atomic E-state index is 12.4. The molecule has 0 unspecified atom stereocenters. The number of carbonyl (C=O) groups is 2. The molecule has 1 amide bonds. The minimum atomic E-state index is -0.225. The second-order valence-electron chi connectivity index (χ2n) is 6.29. The summed E-state index contributed by atoms with van der Waals surface area (Å²) >= 11 is 1.38. The molecule has 1 aromatic carbocycles. The molecule has 6 nitrogen and oxygen atoms in total. The predicted octanol–water partition coefficient (Wildman–Crippen LogP) is 3.75. The Kier molecular flexibility index (Phi) is 5.23. The van der Waals surface area contributed by atoms with Crippen molar-refractivity contribution >= 4 is 39.2 Å². The normalized spacial score (nSPS) is 11.2. The van der Waals surface area contributed by atoms with E-state index in [1.165, 1.54) is 11.3 Å². The second kappa shape index (κ2) is 7.57. The third-order valence-corrected chi connectivity index (χ3v) is 4.59. The van der Waals surface area contributed by atoms with Crippen molar-refractivity contribution < 1.29 is 9.59 Å². The van der Waals surface area contributed by atoms with Crippen LogP contribution in [0.5, 0.6) is 0 Å². The third kappa shape index (κ3) is 4.30. The molecule has 1 N–H and O–H groups in total. The minimum absolute atomic E-state index is 0.103. The standard InChI is InChI=1S/C18H20N4O2S/c1-12(2)11-16-20-21-18(25-16)19-15(23)7-8-17(24)22-10-9-13-5-3-4-6-14(13)22/h3-6,9-10,12H,7-8,11H2,1-2H3,(H,19,21,23). The maximum absolute atomic E-state index is 12.4. The third-order valence-electron chi connectivity index (χ3n) is 3.73. The zero-order valence-electron chi connectivity index (χ0n) is 14.2. The van der Waals surface area contributed by atoms with E-state index in [0.717, 1.165) is 22.3 Å². The summed E-state index contributed by atoms with van der Waals surface area (Å²) in [6, 6.07) is 9.56. The Hall–Kier alpha value is -2.54. The smallest absolute Gasteiger partial charge is 0.231 e. The maximum Gasteiger partial charge on any atom is 0.231 e. The fourth-order valence-electron chi connectivity index (χ4n) is 2.56. The van der Waals surface area contributed by atoms with E-state index < -0.39 is 0 Å². The Labute approximate surface area is 149 Å². The van der Waals surface area contributed by atoms with E-state index in [2.05, 4.69) is 29.4 Å².